The van der Waals surface area contributed by atoms with E-state index in [4.69, 9.17) is 4.98 Å². The van der Waals surface area contributed by atoms with Gasteiger partial charge < -0.3 is 10.6 Å². The van der Waals surface area contributed by atoms with Crippen molar-refractivity contribution in [1.82, 2.24) is 10.3 Å². The molecule has 0 spiro atoms. The number of benzene rings is 1. The normalized spacial score (nSPS) is 17.2. The number of para-hydroxylation sites is 1. The summed E-state index contributed by atoms with van der Waals surface area (Å²) in [6.07, 6.45) is 10.9. The van der Waals surface area contributed by atoms with Gasteiger partial charge in [-0.25, -0.2) is 4.98 Å². The fourth-order valence-electron chi connectivity index (χ4n) is 3.96. The highest BCUT2D eigenvalue weighted by atomic mass is 32.2. The largest absolute Gasteiger partial charge is 0.353 e. The number of nitrogens with one attached hydrogen (secondary N) is 2. The van der Waals surface area contributed by atoms with E-state index in [1.54, 1.807) is 6.08 Å². The molecule has 0 radical (unpaired) electrons. The van der Waals surface area contributed by atoms with E-state index in [-0.39, 0.29) is 11.7 Å². The number of nitrogens with zero attached hydrogens (tertiary/aromatic N) is 2. The van der Waals surface area contributed by atoms with Gasteiger partial charge in [-0.15, -0.1) is 0 Å². The van der Waals surface area contributed by atoms with Crippen molar-refractivity contribution in [2.45, 2.75) is 43.7 Å². The Morgan fingerprint density at radius 2 is 1.97 bits per heavy atom. The van der Waals surface area contributed by atoms with Gasteiger partial charge in [-0.3, -0.25) is 14.5 Å². The zero-order valence-corrected chi connectivity index (χ0v) is 19.3. The van der Waals surface area contributed by atoms with Gasteiger partial charge in [0.15, 0.2) is 5.78 Å². The topological polar surface area (TPSA) is 74.3 Å². The molecule has 1 saturated carbocycles. The minimum absolute atomic E-state index is 0.0608. The minimum atomic E-state index is 0.0608. The van der Waals surface area contributed by atoms with Crippen molar-refractivity contribution in [2.75, 3.05) is 16.0 Å². The quantitative estimate of drug-likeness (QED) is 0.596. The Morgan fingerprint density at radius 1 is 1.15 bits per heavy atom. The Morgan fingerprint density at radius 3 is 2.70 bits per heavy atom. The summed E-state index contributed by atoms with van der Waals surface area (Å²) >= 11 is 1.49. The fourth-order valence-corrected chi connectivity index (χ4v) is 4.88. The number of anilines is 2. The van der Waals surface area contributed by atoms with E-state index < -0.39 is 0 Å². The van der Waals surface area contributed by atoms with Crippen molar-refractivity contribution in [3.05, 3.63) is 83.5 Å². The third kappa shape index (κ3) is 5.03. The molecule has 2 N–H and O–H groups in total. The van der Waals surface area contributed by atoms with Crippen molar-refractivity contribution >= 4 is 34.8 Å². The highest BCUT2D eigenvalue weighted by Gasteiger charge is 2.28. The lowest BCUT2D eigenvalue weighted by Crippen LogP contribution is -2.31. The maximum atomic E-state index is 12.3. The first-order valence-electron chi connectivity index (χ1n) is 11.2. The summed E-state index contributed by atoms with van der Waals surface area (Å²) in [6, 6.07) is 12.5. The Bertz CT molecular complexity index is 1180. The van der Waals surface area contributed by atoms with Gasteiger partial charge >= 0.3 is 0 Å². The summed E-state index contributed by atoms with van der Waals surface area (Å²) in [5.74, 6) is 1.45. The lowest BCUT2D eigenvalue weighted by Gasteiger charge is -2.35. The molecule has 6 nitrogen and oxygen atoms in total. The number of carbonyl (C=O) groups excluding carboxylic acids is 2. The number of rotatable bonds is 7. The van der Waals surface area contributed by atoms with Crippen LogP contribution >= 0.6 is 11.8 Å². The van der Waals surface area contributed by atoms with Crippen LogP contribution in [0, 0.1) is 6.92 Å². The molecule has 1 fully saturated rings. The molecule has 2 aromatic rings. The van der Waals surface area contributed by atoms with E-state index in [1.807, 2.05) is 49.4 Å². The third-order valence-corrected chi connectivity index (χ3v) is 6.73. The molecule has 0 unspecified atom stereocenters. The van der Waals surface area contributed by atoms with Gasteiger partial charge in [-0.05, 0) is 62.6 Å². The van der Waals surface area contributed by atoms with Crippen LogP contribution in [-0.2, 0) is 16.0 Å². The van der Waals surface area contributed by atoms with Gasteiger partial charge in [0.05, 0.1) is 11.4 Å². The second-order valence-electron chi connectivity index (χ2n) is 8.45. The Hall–Kier alpha value is -3.32. The Balaban J connectivity index is 1.48. The van der Waals surface area contributed by atoms with Crippen molar-refractivity contribution in [3.63, 3.8) is 0 Å². The number of fused-ring (bicyclic) bond motifs is 1. The van der Waals surface area contributed by atoms with Crippen LogP contribution in [0.4, 0.5) is 11.4 Å². The number of amides is 1. The van der Waals surface area contributed by atoms with Crippen LogP contribution in [0.5, 0.6) is 0 Å². The molecule has 3 aliphatic rings. The molecular weight excluding hydrogens is 432 g/mol. The minimum Gasteiger partial charge on any atom is -0.353 e. The van der Waals surface area contributed by atoms with Gasteiger partial charge in [0, 0.05) is 35.1 Å². The standard InChI is InChI=1S/C26H26N4O2S/c1-17-15-23-22(26(27-17)33-16-25(32)29-19-7-8-19)13-14-24(28-18-5-3-2-4-6-18)30(23)20-9-11-21(31)12-10-20/h2-6,9-11,14-15,19,28H,7-8,12-13,16H2,1H3,(H,29,32). The lowest BCUT2D eigenvalue weighted by molar-refractivity contribution is -0.118. The molecular formula is C26H26N4O2S. The maximum absolute atomic E-state index is 12.3. The number of aromatic nitrogens is 1. The van der Waals surface area contributed by atoms with Crippen molar-refractivity contribution < 1.29 is 9.59 Å². The molecule has 33 heavy (non-hydrogen) atoms. The van der Waals surface area contributed by atoms with E-state index in [9.17, 15) is 9.59 Å². The molecule has 1 amide bonds. The van der Waals surface area contributed by atoms with Crippen molar-refractivity contribution in [2.24, 2.45) is 0 Å². The SMILES string of the molecule is Cc1cc2c(c(SCC(=O)NC3CC3)n1)CC=C(Nc1ccccc1)N2C1=CCC(=O)C=C1. The second-order valence-corrected chi connectivity index (χ2v) is 9.41. The smallest absolute Gasteiger partial charge is 0.230 e. The van der Waals surface area contributed by atoms with Gasteiger partial charge in [-0.2, -0.15) is 0 Å². The average Bonchev–Trinajstić information content (AvgIpc) is 3.63. The zero-order chi connectivity index (χ0) is 22.8. The predicted molar refractivity (Wildman–Crippen MR) is 132 cm³/mol. The van der Waals surface area contributed by atoms with Crippen LogP contribution in [0.2, 0.25) is 0 Å². The van der Waals surface area contributed by atoms with Gasteiger partial charge in [0.1, 0.15) is 10.8 Å². The number of carbonyl (C=O) groups is 2. The number of pyridine rings is 1. The molecule has 5 rings (SSSR count). The summed E-state index contributed by atoms with van der Waals surface area (Å²) in [6.45, 7) is 1.98. The first kappa shape index (κ1) is 21.5. The fraction of sp³-hybridized carbons (Fsp3) is 0.269. The zero-order valence-electron chi connectivity index (χ0n) is 18.5. The van der Waals surface area contributed by atoms with E-state index >= 15 is 0 Å². The number of hydrogen-bond acceptors (Lipinski definition) is 6. The first-order chi connectivity index (χ1) is 16.1. The Labute approximate surface area is 197 Å². The van der Waals surface area contributed by atoms with Gasteiger partial charge in [0.2, 0.25) is 5.91 Å². The van der Waals surface area contributed by atoms with Crippen LogP contribution in [0.25, 0.3) is 0 Å². The van der Waals surface area contributed by atoms with Crippen LogP contribution in [0.15, 0.2) is 77.2 Å². The van der Waals surface area contributed by atoms with E-state index in [0.717, 1.165) is 52.0 Å². The number of ketones is 1. The summed E-state index contributed by atoms with van der Waals surface area (Å²) < 4.78 is 0. The lowest BCUT2D eigenvalue weighted by atomic mass is 10.0. The summed E-state index contributed by atoms with van der Waals surface area (Å²) in [5.41, 5.74) is 4.94. The third-order valence-electron chi connectivity index (χ3n) is 5.71. The summed E-state index contributed by atoms with van der Waals surface area (Å²) in [5, 5.41) is 7.46. The van der Waals surface area contributed by atoms with Crippen molar-refractivity contribution in [1.29, 1.82) is 0 Å². The van der Waals surface area contributed by atoms with E-state index in [2.05, 4.69) is 27.7 Å². The predicted octanol–water partition coefficient (Wildman–Crippen LogP) is 4.49. The van der Waals surface area contributed by atoms with Gasteiger partial charge in [0.25, 0.3) is 0 Å². The maximum Gasteiger partial charge on any atom is 0.230 e. The molecule has 168 valence electrons. The summed E-state index contributed by atoms with van der Waals surface area (Å²) in [4.78, 5) is 31.0. The number of aryl methyl sites for hydroxylation is 1. The van der Waals surface area contributed by atoms with Crippen LogP contribution in [0.1, 0.15) is 30.5 Å². The molecule has 0 bridgehead atoms. The Kier molecular flexibility index (Phi) is 6.05. The molecule has 1 aliphatic heterocycles. The summed E-state index contributed by atoms with van der Waals surface area (Å²) in [7, 11) is 0. The highest BCUT2D eigenvalue weighted by molar-refractivity contribution is 8.00. The monoisotopic (exact) mass is 458 g/mol. The average molecular weight is 459 g/mol. The van der Waals surface area contributed by atoms with Crippen LogP contribution < -0.4 is 15.5 Å². The molecule has 1 aromatic heterocycles. The number of allylic oxidation sites excluding steroid dienone is 4. The second kappa shape index (κ2) is 9.27. The molecule has 0 saturated heterocycles. The number of thioether (sulfide) groups is 1. The number of hydrogen-bond donors (Lipinski definition) is 2. The molecule has 7 heteroatoms. The molecule has 2 heterocycles. The van der Waals surface area contributed by atoms with Crippen LogP contribution in [-0.4, -0.2) is 28.5 Å². The molecule has 1 aromatic carbocycles. The van der Waals surface area contributed by atoms with Crippen molar-refractivity contribution in [3.8, 4) is 0 Å². The molecule has 0 atom stereocenters. The highest BCUT2D eigenvalue weighted by Crippen LogP contribution is 2.39. The first-order valence-corrected chi connectivity index (χ1v) is 12.2. The molecule has 2 aliphatic carbocycles. The van der Waals surface area contributed by atoms with E-state index in [0.29, 0.717) is 24.6 Å². The van der Waals surface area contributed by atoms with E-state index in [1.165, 1.54) is 11.8 Å². The van der Waals surface area contributed by atoms with Crippen LogP contribution in [0.3, 0.4) is 0 Å². The van der Waals surface area contributed by atoms with Gasteiger partial charge in [-0.1, -0.05) is 36.0 Å².